The SMILES string of the molecule is Cc1cc(C)cc(C(N)CN2CCCCC2)c1. The Labute approximate surface area is 105 Å². The monoisotopic (exact) mass is 232 g/mol. The van der Waals surface area contributed by atoms with Crippen LogP contribution in [0.3, 0.4) is 0 Å². The Morgan fingerprint density at radius 3 is 2.24 bits per heavy atom. The van der Waals surface area contributed by atoms with Crippen molar-refractivity contribution in [3.63, 3.8) is 0 Å². The van der Waals surface area contributed by atoms with Crippen LogP contribution in [0.4, 0.5) is 0 Å². The number of rotatable bonds is 3. The van der Waals surface area contributed by atoms with Crippen molar-refractivity contribution in [1.29, 1.82) is 0 Å². The molecular formula is C15H24N2. The molecule has 1 saturated heterocycles. The maximum absolute atomic E-state index is 6.32. The average Bonchev–Trinajstić information content (AvgIpc) is 2.29. The summed E-state index contributed by atoms with van der Waals surface area (Å²) in [5.74, 6) is 0. The van der Waals surface area contributed by atoms with Crippen LogP contribution in [0.2, 0.25) is 0 Å². The van der Waals surface area contributed by atoms with Crippen LogP contribution in [0.1, 0.15) is 42.0 Å². The first kappa shape index (κ1) is 12.6. The molecule has 1 atom stereocenters. The van der Waals surface area contributed by atoms with Crippen molar-refractivity contribution in [3.05, 3.63) is 34.9 Å². The summed E-state index contributed by atoms with van der Waals surface area (Å²) in [7, 11) is 0. The number of nitrogens with zero attached hydrogens (tertiary/aromatic N) is 1. The number of hydrogen-bond acceptors (Lipinski definition) is 2. The predicted molar refractivity (Wildman–Crippen MR) is 73.1 cm³/mol. The van der Waals surface area contributed by atoms with Crippen LogP contribution in [0, 0.1) is 13.8 Å². The first-order chi connectivity index (χ1) is 8.15. The quantitative estimate of drug-likeness (QED) is 0.868. The van der Waals surface area contributed by atoms with Gasteiger partial charge in [-0.1, -0.05) is 35.7 Å². The van der Waals surface area contributed by atoms with Gasteiger partial charge in [-0.3, -0.25) is 0 Å². The van der Waals surface area contributed by atoms with E-state index in [1.807, 2.05) is 0 Å². The lowest BCUT2D eigenvalue weighted by Crippen LogP contribution is -2.36. The van der Waals surface area contributed by atoms with E-state index in [2.05, 4.69) is 36.9 Å². The number of nitrogens with two attached hydrogens (primary N) is 1. The fourth-order valence-electron chi connectivity index (χ4n) is 2.75. The van der Waals surface area contributed by atoms with Gasteiger partial charge in [0, 0.05) is 12.6 Å². The van der Waals surface area contributed by atoms with E-state index in [0.717, 1.165) is 6.54 Å². The van der Waals surface area contributed by atoms with E-state index in [1.165, 1.54) is 49.0 Å². The zero-order valence-electron chi connectivity index (χ0n) is 11.1. The molecule has 1 fully saturated rings. The first-order valence-corrected chi connectivity index (χ1v) is 6.71. The lowest BCUT2D eigenvalue weighted by Gasteiger charge is -2.29. The lowest BCUT2D eigenvalue weighted by molar-refractivity contribution is 0.216. The summed E-state index contributed by atoms with van der Waals surface area (Å²) in [6.45, 7) is 7.73. The summed E-state index contributed by atoms with van der Waals surface area (Å²) in [6, 6.07) is 6.81. The van der Waals surface area contributed by atoms with Gasteiger partial charge in [0.15, 0.2) is 0 Å². The van der Waals surface area contributed by atoms with Gasteiger partial charge in [-0.05, 0) is 45.3 Å². The molecule has 2 rings (SSSR count). The van der Waals surface area contributed by atoms with Crippen molar-refractivity contribution in [1.82, 2.24) is 4.90 Å². The summed E-state index contributed by atoms with van der Waals surface area (Å²) < 4.78 is 0. The molecule has 1 unspecified atom stereocenters. The van der Waals surface area contributed by atoms with Crippen molar-refractivity contribution in [2.24, 2.45) is 5.73 Å². The zero-order chi connectivity index (χ0) is 12.3. The Bertz CT molecular complexity index is 347. The summed E-state index contributed by atoms with van der Waals surface area (Å²) >= 11 is 0. The number of likely N-dealkylation sites (tertiary alicyclic amines) is 1. The number of hydrogen-bond donors (Lipinski definition) is 1. The highest BCUT2D eigenvalue weighted by molar-refractivity contribution is 5.30. The van der Waals surface area contributed by atoms with Gasteiger partial charge in [0.25, 0.3) is 0 Å². The molecule has 1 aromatic rings. The molecule has 2 N–H and O–H groups in total. The van der Waals surface area contributed by atoms with E-state index in [1.54, 1.807) is 0 Å². The van der Waals surface area contributed by atoms with Crippen molar-refractivity contribution >= 4 is 0 Å². The van der Waals surface area contributed by atoms with Gasteiger partial charge in [0.1, 0.15) is 0 Å². The topological polar surface area (TPSA) is 29.3 Å². The van der Waals surface area contributed by atoms with Crippen LogP contribution in [0.25, 0.3) is 0 Å². The van der Waals surface area contributed by atoms with Crippen LogP contribution in [0.5, 0.6) is 0 Å². The number of aryl methyl sites for hydroxylation is 2. The third-order valence-corrected chi connectivity index (χ3v) is 3.58. The van der Waals surface area contributed by atoms with Crippen LogP contribution < -0.4 is 5.73 Å². The fraction of sp³-hybridized carbons (Fsp3) is 0.600. The largest absolute Gasteiger partial charge is 0.323 e. The molecule has 17 heavy (non-hydrogen) atoms. The highest BCUT2D eigenvalue weighted by Crippen LogP contribution is 2.18. The summed E-state index contributed by atoms with van der Waals surface area (Å²) in [4.78, 5) is 2.51. The Balaban J connectivity index is 2.00. The third-order valence-electron chi connectivity index (χ3n) is 3.58. The highest BCUT2D eigenvalue weighted by Gasteiger charge is 2.15. The molecule has 0 spiro atoms. The molecule has 1 aliphatic heterocycles. The van der Waals surface area contributed by atoms with Gasteiger partial charge in [-0.2, -0.15) is 0 Å². The molecule has 0 bridgehead atoms. The van der Waals surface area contributed by atoms with Gasteiger partial charge >= 0.3 is 0 Å². The van der Waals surface area contributed by atoms with E-state index < -0.39 is 0 Å². The van der Waals surface area contributed by atoms with Crippen molar-refractivity contribution < 1.29 is 0 Å². The molecule has 94 valence electrons. The summed E-state index contributed by atoms with van der Waals surface area (Å²) in [5.41, 5.74) is 10.2. The van der Waals surface area contributed by atoms with E-state index in [0.29, 0.717) is 0 Å². The zero-order valence-corrected chi connectivity index (χ0v) is 11.1. The minimum Gasteiger partial charge on any atom is -0.323 e. The molecule has 0 aromatic heterocycles. The number of piperidine rings is 1. The van der Waals surface area contributed by atoms with Gasteiger partial charge in [0.05, 0.1) is 0 Å². The highest BCUT2D eigenvalue weighted by atomic mass is 15.1. The Morgan fingerprint density at radius 2 is 1.65 bits per heavy atom. The minimum atomic E-state index is 0.159. The molecule has 0 saturated carbocycles. The Kier molecular flexibility index (Phi) is 4.19. The van der Waals surface area contributed by atoms with Crippen molar-refractivity contribution in [3.8, 4) is 0 Å². The number of benzene rings is 1. The smallest absolute Gasteiger partial charge is 0.0424 e. The van der Waals surface area contributed by atoms with Gasteiger partial charge < -0.3 is 10.6 Å². The average molecular weight is 232 g/mol. The van der Waals surface area contributed by atoms with Crippen LogP contribution in [0.15, 0.2) is 18.2 Å². The fourth-order valence-corrected chi connectivity index (χ4v) is 2.75. The summed E-state index contributed by atoms with van der Waals surface area (Å²) in [5, 5.41) is 0. The van der Waals surface area contributed by atoms with Crippen molar-refractivity contribution in [2.75, 3.05) is 19.6 Å². The van der Waals surface area contributed by atoms with E-state index in [-0.39, 0.29) is 6.04 Å². The molecule has 2 nitrogen and oxygen atoms in total. The third kappa shape index (κ3) is 3.55. The second-order valence-corrected chi connectivity index (χ2v) is 5.39. The molecule has 0 aliphatic carbocycles. The van der Waals surface area contributed by atoms with Gasteiger partial charge in [0.2, 0.25) is 0 Å². The first-order valence-electron chi connectivity index (χ1n) is 6.71. The van der Waals surface area contributed by atoms with E-state index in [4.69, 9.17) is 5.73 Å². The Morgan fingerprint density at radius 1 is 1.06 bits per heavy atom. The predicted octanol–water partition coefficient (Wildman–Crippen LogP) is 2.79. The molecule has 1 aliphatic rings. The van der Waals surface area contributed by atoms with E-state index in [9.17, 15) is 0 Å². The minimum absolute atomic E-state index is 0.159. The second-order valence-electron chi connectivity index (χ2n) is 5.39. The van der Waals surface area contributed by atoms with Gasteiger partial charge in [-0.25, -0.2) is 0 Å². The van der Waals surface area contributed by atoms with Crippen LogP contribution in [-0.2, 0) is 0 Å². The van der Waals surface area contributed by atoms with Crippen molar-refractivity contribution in [2.45, 2.75) is 39.2 Å². The van der Waals surface area contributed by atoms with Crippen LogP contribution >= 0.6 is 0 Å². The van der Waals surface area contributed by atoms with E-state index >= 15 is 0 Å². The molecular weight excluding hydrogens is 208 g/mol. The van der Waals surface area contributed by atoms with Crippen LogP contribution in [-0.4, -0.2) is 24.5 Å². The lowest BCUT2D eigenvalue weighted by atomic mass is 10.0. The summed E-state index contributed by atoms with van der Waals surface area (Å²) in [6.07, 6.45) is 4.05. The molecule has 1 heterocycles. The molecule has 1 aromatic carbocycles. The standard InChI is InChI=1S/C15H24N2/c1-12-8-13(2)10-14(9-12)15(16)11-17-6-4-3-5-7-17/h8-10,15H,3-7,11,16H2,1-2H3. The van der Waals surface area contributed by atoms with Gasteiger partial charge in [-0.15, -0.1) is 0 Å². The normalized spacial score (nSPS) is 19.2. The second kappa shape index (κ2) is 5.65. The Hall–Kier alpha value is -0.860. The molecule has 2 heteroatoms. The molecule has 0 amide bonds. The molecule has 0 radical (unpaired) electrons. The maximum atomic E-state index is 6.32. The maximum Gasteiger partial charge on any atom is 0.0424 e.